The molecule has 90 valence electrons. The van der Waals surface area contributed by atoms with Crippen LogP contribution >= 0.6 is 15.9 Å². The van der Waals surface area contributed by atoms with Crippen LogP contribution in [0.25, 0.3) is 0 Å². The lowest BCUT2D eigenvalue weighted by Crippen LogP contribution is -2.07. The Morgan fingerprint density at radius 2 is 2.24 bits per heavy atom. The SMILES string of the molecule is CCOC(=O)c1cc(C#N)cc(C(F)F)c1Br. The van der Waals surface area contributed by atoms with Crippen molar-refractivity contribution >= 4 is 21.9 Å². The van der Waals surface area contributed by atoms with E-state index in [2.05, 4.69) is 15.9 Å². The van der Waals surface area contributed by atoms with Crippen molar-refractivity contribution in [1.82, 2.24) is 0 Å². The molecule has 0 bridgehead atoms. The van der Waals surface area contributed by atoms with Crippen LogP contribution in [0.3, 0.4) is 0 Å². The van der Waals surface area contributed by atoms with E-state index in [-0.39, 0.29) is 22.2 Å². The molecule has 0 aliphatic heterocycles. The van der Waals surface area contributed by atoms with Crippen LogP contribution in [-0.4, -0.2) is 12.6 Å². The van der Waals surface area contributed by atoms with Gasteiger partial charge in [-0.1, -0.05) is 0 Å². The summed E-state index contributed by atoms with van der Waals surface area (Å²) in [4.78, 5) is 11.5. The molecule has 0 unspecified atom stereocenters. The minimum absolute atomic E-state index is 0.00782. The van der Waals surface area contributed by atoms with Gasteiger partial charge in [-0.3, -0.25) is 0 Å². The second kappa shape index (κ2) is 5.73. The van der Waals surface area contributed by atoms with Gasteiger partial charge in [0.2, 0.25) is 0 Å². The predicted octanol–water partition coefficient (Wildman–Crippen LogP) is 3.44. The number of ether oxygens (including phenoxy) is 1. The molecule has 17 heavy (non-hydrogen) atoms. The number of benzene rings is 1. The van der Waals surface area contributed by atoms with Crippen molar-refractivity contribution in [2.75, 3.05) is 6.61 Å². The summed E-state index contributed by atoms with van der Waals surface area (Å²) in [5.74, 6) is -0.738. The van der Waals surface area contributed by atoms with Crippen LogP contribution in [0, 0.1) is 11.3 Å². The standard InChI is InChI=1S/C11H8BrF2NO2/c1-2-17-11(16)8-4-6(5-15)3-7(9(8)12)10(13)14/h3-4,10H,2H2,1H3. The van der Waals surface area contributed by atoms with Gasteiger partial charge in [0.25, 0.3) is 6.43 Å². The first kappa shape index (κ1) is 13.6. The second-order valence-corrected chi connectivity index (χ2v) is 3.85. The van der Waals surface area contributed by atoms with Gasteiger partial charge < -0.3 is 4.74 Å². The number of halogens is 3. The van der Waals surface area contributed by atoms with Crippen molar-refractivity contribution in [2.24, 2.45) is 0 Å². The third kappa shape index (κ3) is 3.01. The molecule has 1 rings (SSSR count). The summed E-state index contributed by atoms with van der Waals surface area (Å²) in [5, 5.41) is 8.71. The summed E-state index contributed by atoms with van der Waals surface area (Å²) < 4.78 is 30.0. The summed E-state index contributed by atoms with van der Waals surface area (Å²) in [6, 6.07) is 3.98. The van der Waals surface area contributed by atoms with Crippen molar-refractivity contribution in [1.29, 1.82) is 5.26 Å². The van der Waals surface area contributed by atoms with Gasteiger partial charge in [-0.15, -0.1) is 0 Å². The lowest BCUT2D eigenvalue weighted by molar-refractivity contribution is 0.0524. The summed E-state index contributed by atoms with van der Waals surface area (Å²) in [7, 11) is 0. The van der Waals surface area contributed by atoms with Crippen LogP contribution in [0.2, 0.25) is 0 Å². The van der Waals surface area contributed by atoms with E-state index in [0.29, 0.717) is 0 Å². The minimum atomic E-state index is -2.77. The number of hydrogen-bond donors (Lipinski definition) is 0. The zero-order chi connectivity index (χ0) is 13.0. The number of nitriles is 1. The highest BCUT2D eigenvalue weighted by atomic mass is 79.9. The number of hydrogen-bond acceptors (Lipinski definition) is 3. The maximum Gasteiger partial charge on any atom is 0.339 e. The van der Waals surface area contributed by atoms with Gasteiger partial charge >= 0.3 is 5.97 Å². The van der Waals surface area contributed by atoms with E-state index in [0.717, 1.165) is 6.07 Å². The largest absolute Gasteiger partial charge is 0.462 e. The molecule has 0 aliphatic rings. The monoisotopic (exact) mass is 303 g/mol. The van der Waals surface area contributed by atoms with Crippen LogP contribution < -0.4 is 0 Å². The van der Waals surface area contributed by atoms with E-state index in [1.807, 2.05) is 0 Å². The van der Waals surface area contributed by atoms with E-state index in [1.165, 1.54) is 6.07 Å². The molecule has 0 radical (unpaired) electrons. The van der Waals surface area contributed by atoms with Gasteiger partial charge in [0.05, 0.1) is 23.8 Å². The van der Waals surface area contributed by atoms with Gasteiger partial charge in [-0.25, -0.2) is 13.6 Å². The Morgan fingerprint density at radius 3 is 2.71 bits per heavy atom. The molecule has 0 N–H and O–H groups in total. The molecule has 0 atom stereocenters. The van der Waals surface area contributed by atoms with Gasteiger partial charge in [0.1, 0.15) is 0 Å². The Balaban J connectivity index is 3.35. The van der Waals surface area contributed by atoms with E-state index in [1.54, 1.807) is 13.0 Å². The summed E-state index contributed by atoms with van der Waals surface area (Å²) >= 11 is 2.93. The molecule has 0 aromatic heterocycles. The fourth-order valence-corrected chi connectivity index (χ4v) is 1.79. The van der Waals surface area contributed by atoms with Crippen LogP contribution in [0.5, 0.6) is 0 Å². The quantitative estimate of drug-likeness (QED) is 0.804. The molecule has 0 amide bonds. The number of nitrogens with zero attached hydrogens (tertiary/aromatic N) is 1. The number of carbonyl (C=O) groups excluding carboxylic acids is 1. The molecule has 1 aromatic rings. The minimum Gasteiger partial charge on any atom is -0.462 e. The average Bonchev–Trinajstić information content (AvgIpc) is 2.29. The van der Waals surface area contributed by atoms with Crippen molar-refractivity contribution in [2.45, 2.75) is 13.3 Å². The molecule has 1 aromatic carbocycles. The van der Waals surface area contributed by atoms with Crippen LogP contribution in [0.15, 0.2) is 16.6 Å². The Labute approximate surface area is 105 Å². The normalized spacial score (nSPS) is 10.1. The van der Waals surface area contributed by atoms with Crippen molar-refractivity contribution in [3.8, 4) is 6.07 Å². The number of alkyl halides is 2. The molecule has 0 aliphatic carbocycles. The zero-order valence-corrected chi connectivity index (χ0v) is 10.4. The van der Waals surface area contributed by atoms with Gasteiger partial charge in [-0.2, -0.15) is 5.26 Å². The maximum atomic E-state index is 12.7. The van der Waals surface area contributed by atoms with E-state index in [4.69, 9.17) is 10.00 Å². The van der Waals surface area contributed by atoms with E-state index in [9.17, 15) is 13.6 Å². The van der Waals surface area contributed by atoms with Crippen molar-refractivity contribution in [3.05, 3.63) is 33.3 Å². The van der Waals surface area contributed by atoms with Crippen LogP contribution in [-0.2, 0) is 4.74 Å². The third-order valence-corrected chi connectivity index (χ3v) is 2.85. The lowest BCUT2D eigenvalue weighted by Gasteiger charge is -2.09. The third-order valence-electron chi connectivity index (χ3n) is 1.96. The number of esters is 1. The first-order chi connectivity index (χ1) is 8.01. The van der Waals surface area contributed by atoms with Gasteiger partial charge in [0.15, 0.2) is 0 Å². The van der Waals surface area contributed by atoms with Gasteiger partial charge in [0, 0.05) is 10.0 Å². The molecule has 6 heteroatoms. The van der Waals surface area contributed by atoms with Crippen molar-refractivity contribution in [3.63, 3.8) is 0 Å². The summed E-state index contributed by atoms with van der Waals surface area (Å²) in [6.45, 7) is 1.74. The highest BCUT2D eigenvalue weighted by Crippen LogP contribution is 2.31. The smallest absolute Gasteiger partial charge is 0.339 e. The molecular formula is C11H8BrF2NO2. The Hall–Kier alpha value is -1.48. The predicted molar refractivity (Wildman–Crippen MR) is 59.8 cm³/mol. The molecule has 3 nitrogen and oxygen atoms in total. The fourth-order valence-electron chi connectivity index (χ4n) is 1.23. The number of rotatable bonds is 3. The fraction of sp³-hybridized carbons (Fsp3) is 0.273. The Kier molecular flexibility index (Phi) is 4.58. The van der Waals surface area contributed by atoms with Crippen LogP contribution in [0.4, 0.5) is 8.78 Å². The second-order valence-electron chi connectivity index (χ2n) is 3.06. The summed E-state index contributed by atoms with van der Waals surface area (Å²) in [5.41, 5.74) is -0.472. The molecule has 0 heterocycles. The Morgan fingerprint density at radius 1 is 1.59 bits per heavy atom. The first-order valence-corrected chi connectivity index (χ1v) is 5.49. The maximum absolute atomic E-state index is 12.7. The summed E-state index contributed by atoms with van der Waals surface area (Å²) in [6.07, 6.45) is -2.77. The molecule has 0 spiro atoms. The first-order valence-electron chi connectivity index (χ1n) is 4.70. The number of carbonyl (C=O) groups is 1. The lowest BCUT2D eigenvalue weighted by atomic mass is 10.1. The molecule has 0 fully saturated rings. The average molecular weight is 304 g/mol. The topological polar surface area (TPSA) is 50.1 Å². The highest BCUT2D eigenvalue weighted by Gasteiger charge is 2.20. The van der Waals surface area contributed by atoms with Gasteiger partial charge in [-0.05, 0) is 35.0 Å². The molecule has 0 saturated carbocycles. The zero-order valence-electron chi connectivity index (χ0n) is 8.84. The Bertz CT molecular complexity index is 483. The van der Waals surface area contributed by atoms with Crippen molar-refractivity contribution < 1.29 is 18.3 Å². The van der Waals surface area contributed by atoms with E-state index >= 15 is 0 Å². The highest BCUT2D eigenvalue weighted by molar-refractivity contribution is 9.10. The molecule has 0 saturated heterocycles. The van der Waals surface area contributed by atoms with E-state index < -0.39 is 18.0 Å². The molecular weight excluding hydrogens is 296 g/mol. The van der Waals surface area contributed by atoms with Crippen LogP contribution in [0.1, 0.15) is 34.8 Å².